The lowest BCUT2D eigenvalue weighted by molar-refractivity contribution is -0.118. The first-order valence-electron chi connectivity index (χ1n) is 4.53. The molecule has 0 aliphatic heterocycles. The first kappa shape index (κ1) is 11.8. The Labute approximate surface area is 92.6 Å². The van der Waals surface area contributed by atoms with Gasteiger partial charge in [0.25, 0.3) is 0 Å². The van der Waals surface area contributed by atoms with Crippen molar-refractivity contribution in [1.82, 2.24) is 5.32 Å². The molecule has 0 unspecified atom stereocenters. The first-order valence-corrected chi connectivity index (χ1v) is 4.91. The SMILES string of the molecule is CC(=O)NCCNc1cc(F)ccc1Cl. The van der Waals surface area contributed by atoms with Crippen LogP contribution >= 0.6 is 11.6 Å². The summed E-state index contributed by atoms with van der Waals surface area (Å²) in [6, 6.07) is 4.09. The first-order chi connectivity index (χ1) is 7.09. The second-order valence-corrected chi connectivity index (χ2v) is 3.44. The number of anilines is 1. The topological polar surface area (TPSA) is 41.1 Å². The third-order valence-corrected chi connectivity index (χ3v) is 2.07. The van der Waals surface area contributed by atoms with E-state index in [1.807, 2.05) is 0 Å². The van der Waals surface area contributed by atoms with Crippen LogP contribution in [0.1, 0.15) is 6.92 Å². The largest absolute Gasteiger partial charge is 0.382 e. The Balaban J connectivity index is 2.43. The monoisotopic (exact) mass is 230 g/mol. The number of carbonyl (C=O) groups excluding carboxylic acids is 1. The van der Waals surface area contributed by atoms with Crippen molar-refractivity contribution in [2.24, 2.45) is 0 Å². The molecule has 1 aromatic carbocycles. The van der Waals surface area contributed by atoms with E-state index in [4.69, 9.17) is 11.6 Å². The molecule has 0 aliphatic rings. The van der Waals surface area contributed by atoms with Crippen LogP contribution in [0.2, 0.25) is 5.02 Å². The van der Waals surface area contributed by atoms with Crippen LogP contribution in [0.5, 0.6) is 0 Å². The smallest absolute Gasteiger partial charge is 0.216 e. The van der Waals surface area contributed by atoms with Crippen LogP contribution in [-0.2, 0) is 4.79 Å². The molecule has 0 radical (unpaired) electrons. The fourth-order valence-electron chi connectivity index (χ4n) is 1.07. The van der Waals surface area contributed by atoms with Gasteiger partial charge in [0.2, 0.25) is 5.91 Å². The molecule has 0 bridgehead atoms. The van der Waals surface area contributed by atoms with Gasteiger partial charge in [-0.3, -0.25) is 4.79 Å². The molecule has 0 atom stereocenters. The highest BCUT2D eigenvalue weighted by molar-refractivity contribution is 6.33. The molecule has 0 spiro atoms. The summed E-state index contributed by atoms with van der Waals surface area (Å²) in [6.07, 6.45) is 0. The van der Waals surface area contributed by atoms with Crippen LogP contribution in [-0.4, -0.2) is 19.0 Å². The highest BCUT2D eigenvalue weighted by Gasteiger charge is 2.00. The lowest BCUT2D eigenvalue weighted by atomic mass is 10.3. The zero-order valence-electron chi connectivity index (χ0n) is 8.31. The molecule has 0 aromatic heterocycles. The van der Waals surface area contributed by atoms with Crippen molar-refractivity contribution in [2.45, 2.75) is 6.92 Å². The van der Waals surface area contributed by atoms with Crippen molar-refractivity contribution in [3.8, 4) is 0 Å². The molecule has 5 heteroatoms. The lowest BCUT2D eigenvalue weighted by Crippen LogP contribution is -2.26. The maximum absolute atomic E-state index is 12.8. The number of hydrogen-bond donors (Lipinski definition) is 2. The van der Waals surface area contributed by atoms with Gasteiger partial charge in [0.15, 0.2) is 0 Å². The normalized spacial score (nSPS) is 9.80. The molecule has 0 fully saturated rings. The summed E-state index contributed by atoms with van der Waals surface area (Å²) in [5.41, 5.74) is 0.530. The van der Waals surface area contributed by atoms with Gasteiger partial charge >= 0.3 is 0 Å². The van der Waals surface area contributed by atoms with Gasteiger partial charge in [-0.25, -0.2) is 4.39 Å². The minimum absolute atomic E-state index is 0.0952. The van der Waals surface area contributed by atoms with Gasteiger partial charge in [0.05, 0.1) is 10.7 Å². The fourth-order valence-corrected chi connectivity index (χ4v) is 1.25. The maximum atomic E-state index is 12.8. The van der Waals surface area contributed by atoms with Gasteiger partial charge in [0.1, 0.15) is 5.82 Å². The Hall–Kier alpha value is -1.29. The molecular formula is C10H12ClFN2O. The lowest BCUT2D eigenvalue weighted by Gasteiger charge is -2.08. The number of halogens is 2. The summed E-state index contributed by atoms with van der Waals surface area (Å²) in [5, 5.41) is 5.99. The Bertz CT molecular complexity index is 357. The van der Waals surface area contributed by atoms with Crippen LogP contribution < -0.4 is 10.6 Å². The second-order valence-electron chi connectivity index (χ2n) is 3.03. The summed E-state index contributed by atoms with van der Waals surface area (Å²) < 4.78 is 12.8. The molecule has 3 nitrogen and oxygen atoms in total. The van der Waals surface area contributed by atoms with Crippen molar-refractivity contribution in [3.05, 3.63) is 29.0 Å². The molecule has 82 valence electrons. The van der Waals surface area contributed by atoms with E-state index in [2.05, 4.69) is 10.6 Å². The summed E-state index contributed by atoms with van der Waals surface area (Å²) in [7, 11) is 0. The number of nitrogens with one attached hydrogen (secondary N) is 2. The van der Waals surface area contributed by atoms with Crippen molar-refractivity contribution in [2.75, 3.05) is 18.4 Å². The van der Waals surface area contributed by atoms with Crippen molar-refractivity contribution >= 4 is 23.2 Å². The molecule has 0 heterocycles. The second kappa shape index (κ2) is 5.56. The van der Waals surface area contributed by atoms with E-state index in [0.717, 1.165) is 0 Å². The molecular weight excluding hydrogens is 219 g/mol. The van der Waals surface area contributed by atoms with Gasteiger partial charge < -0.3 is 10.6 Å². The van der Waals surface area contributed by atoms with Crippen LogP contribution in [0, 0.1) is 5.82 Å². The highest BCUT2D eigenvalue weighted by atomic mass is 35.5. The predicted molar refractivity (Wildman–Crippen MR) is 58.6 cm³/mol. The van der Waals surface area contributed by atoms with Gasteiger partial charge in [-0.05, 0) is 18.2 Å². The van der Waals surface area contributed by atoms with Crippen LogP contribution in [0.15, 0.2) is 18.2 Å². The summed E-state index contributed by atoms with van der Waals surface area (Å²) in [5.74, 6) is -0.441. The van der Waals surface area contributed by atoms with E-state index in [-0.39, 0.29) is 11.7 Å². The van der Waals surface area contributed by atoms with E-state index in [1.165, 1.54) is 25.1 Å². The highest BCUT2D eigenvalue weighted by Crippen LogP contribution is 2.21. The van der Waals surface area contributed by atoms with Crippen LogP contribution in [0.3, 0.4) is 0 Å². The molecule has 1 aromatic rings. The van der Waals surface area contributed by atoms with E-state index in [9.17, 15) is 9.18 Å². The van der Waals surface area contributed by atoms with Crippen molar-refractivity contribution < 1.29 is 9.18 Å². The standard InChI is InChI=1S/C10H12ClFN2O/c1-7(15)13-4-5-14-10-6-8(12)2-3-9(10)11/h2-3,6,14H,4-5H2,1H3,(H,13,15). The number of carbonyl (C=O) groups is 1. The van der Waals surface area contributed by atoms with E-state index in [1.54, 1.807) is 0 Å². The van der Waals surface area contributed by atoms with E-state index in [0.29, 0.717) is 23.8 Å². The fraction of sp³-hybridized carbons (Fsp3) is 0.300. The van der Waals surface area contributed by atoms with Gasteiger partial charge in [-0.2, -0.15) is 0 Å². The van der Waals surface area contributed by atoms with Gasteiger partial charge in [-0.15, -0.1) is 0 Å². The molecule has 15 heavy (non-hydrogen) atoms. The maximum Gasteiger partial charge on any atom is 0.216 e. The minimum Gasteiger partial charge on any atom is -0.382 e. The molecule has 0 aliphatic carbocycles. The number of benzene rings is 1. The minimum atomic E-state index is -0.346. The van der Waals surface area contributed by atoms with Crippen molar-refractivity contribution in [3.63, 3.8) is 0 Å². The third kappa shape index (κ3) is 4.16. The Morgan fingerprint density at radius 1 is 1.47 bits per heavy atom. The van der Waals surface area contributed by atoms with Crippen LogP contribution in [0.4, 0.5) is 10.1 Å². The third-order valence-electron chi connectivity index (χ3n) is 1.74. The Kier molecular flexibility index (Phi) is 4.37. The Morgan fingerprint density at radius 3 is 2.87 bits per heavy atom. The number of rotatable bonds is 4. The van der Waals surface area contributed by atoms with Gasteiger partial charge in [0, 0.05) is 20.0 Å². The molecule has 2 N–H and O–H groups in total. The average Bonchev–Trinajstić information content (AvgIpc) is 2.17. The zero-order valence-corrected chi connectivity index (χ0v) is 9.07. The number of amides is 1. The van der Waals surface area contributed by atoms with E-state index < -0.39 is 0 Å². The molecule has 1 amide bonds. The predicted octanol–water partition coefficient (Wildman–Crippen LogP) is 2.03. The summed E-state index contributed by atoms with van der Waals surface area (Å²) >= 11 is 5.82. The molecule has 0 saturated carbocycles. The summed E-state index contributed by atoms with van der Waals surface area (Å²) in [4.78, 5) is 10.6. The van der Waals surface area contributed by atoms with E-state index >= 15 is 0 Å². The molecule has 0 saturated heterocycles. The number of hydrogen-bond acceptors (Lipinski definition) is 2. The quantitative estimate of drug-likeness (QED) is 0.778. The van der Waals surface area contributed by atoms with Gasteiger partial charge in [-0.1, -0.05) is 11.6 Å². The molecule has 1 rings (SSSR count). The van der Waals surface area contributed by atoms with Crippen LogP contribution in [0.25, 0.3) is 0 Å². The van der Waals surface area contributed by atoms with Crippen molar-refractivity contribution in [1.29, 1.82) is 0 Å². The summed E-state index contributed by atoms with van der Waals surface area (Å²) in [6.45, 7) is 2.42. The zero-order chi connectivity index (χ0) is 11.3. The Morgan fingerprint density at radius 2 is 2.20 bits per heavy atom. The average molecular weight is 231 g/mol.